The number of sulfone groups is 1. The Kier molecular flexibility index (Phi) is 4.65. The highest BCUT2D eigenvalue weighted by Crippen LogP contribution is 2.19. The highest BCUT2D eigenvalue weighted by atomic mass is 32.2. The van der Waals surface area contributed by atoms with Crippen LogP contribution in [-0.2, 0) is 14.6 Å². The van der Waals surface area contributed by atoms with Crippen LogP contribution in [0, 0.1) is 0 Å². The minimum atomic E-state index is -3.03. The highest BCUT2D eigenvalue weighted by molar-refractivity contribution is 7.91. The minimum Gasteiger partial charge on any atom is -0.338 e. The van der Waals surface area contributed by atoms with Crippen LogP contribution in [0.4, 0.5) is 5.69 Å². The Hall–Kier alpha value is -2.15. The first kappa shape index (κ1) is 16.2. The van der Waals surface area contributed by atoms with E-state index in [2.05, 4.69) is 11.9 Å². The van der Waals surface area contributed by atoms with Crippen molar-refractivity contribution >= 4 is 27.3 Å². The zero-order chi connectivity index (χ0) is 16.3. The predicted octanol–water partition coefficient (Wildman–Crippen LogP) is 1.07. The molecule has 0 bridgehead atoms. The Morgan fingerprint density at radius 3 is 2.45 bits per heavy atom. The third kappa shape index (κ3) is 3.73. The topological polar surface area (TPSA) is 83.6 Å². The number of anilines is 1. The Bertz CT molecular complexity index is 695. The lowest BCUT2D eigenvalue weighted by Gasteiger charge is -2.23. The molecule has 7 heteroatoms. The lowest BCUT2D eigenvalue weighted by Crippen LogP contribution is -2.37. The Labute approximate surface area is 129 Å². The first-order chi connectivity index (χ1) is 10.3. The normalized spacial score (nSPS) is 19.4. The summed E-state index contributed by atoms with van der Waals surface area (Å²) < 4.78 is 23.0. The molecule has 1 unspecified atom stereocenters. The van der Waals surface area contributed by atoms with Gasteiger partial charge in [0.05, 0.1) is 11.5 Å². The molecule has 1 saturated heterocycles. The Balaban J connectivity index is 2.06. The van der Waals surface area contributed by atoms with E-state index in [0.29, 0.717) is 17.7 Å². The number of nitrogens with zero attached hydrogens (tertiary/aromatic N) is 1. The molecule has 2 amide bonds. The van der Waals surface area contributed by atoms with Gasteiger partial charge < -0.3 is 10.2 Å². The molecule has 1 aliphatic rings. The predicted molar refractivity (Wildman–Crippen MR) is 84.4 cm³/mol. The fourth-order valence-corrected chi connectivity index (χ4v) is 4.11. The molecular formula is C15H18N2O4S. The number of nitrogens with one attached hydrogen (secondary N) is 1. The molecular weight excluding hydrogens is 304 g/mol. The summed E-state index contributed by atoms with van der Waals surface area (Å²) in [6.07, 6.45) is 1.63. The van der Waals surface area contributed by atoms with Crippen molar-refractivity contribution in [2.45, 2.75) is 12.5 Å². The van der Waals surface area contributed by atoms with Gasteiger partial charge in [-0.05, 0) is 36.8 Å². The third-order valence-corrected chi connectivity index (χ3v) is 5.41. The van der Waals surface area contributed by atoms with Crippen molar-refractivity contribution in [1.82, 2.24) is 4.90 Å². The van der Waals surface area contributed by atoms with Gasteiger partial charge in [-0.3, -0.25) is 9.59 Å². The summed E-state index contributed by atoms with van der Waals surface area (Å²) in [5.41, 5.74) is 1.01. The second-order valence-corrected chi connectivity index (χ2v) is 7.47. The van der Waals surface area contributed by atoms with E-state index in [-0.39, 0.29) is 29.4 Å². The molecule has 0 spiro atoms. The van der Waals surface area contributed by atoms with E-state index in [1.807, 2.05) is 0 Å². The summed E-state index contributed by atoms with van der Waals surface area (Å²) in [6, 6.07) is 6.15. The maximum absolute atomic E-state index is 12.4. The van der Waals surface area contributed by atoms with Crippen molar-refractivity contribution in [3.63, 3.8) is 0 Å². The van der Waals surface area contributed by atoms with Gasteiger partial charge in [-0.25, -0.2) is 8.42 Å². The van der Waals surface area contributed by atoms with Crippen molar-refractivity contribution in [2.24, 2.45) is 0 Å². The molecule has 118 valence electrons. The summed E-state index contributed by atoms with van der Waals surface area (Å²) >= 11 is 0. The quantitative estimate of drug-likeness (QED) is 0.841. The van der Waals surface area contributed by atoms with Gasteiger partial charge in [0.1, 0.15) is 0 Å². The molecule has 6 nitrogen and oxygen atoms in total. The van der Waals surface area contributed by atoms with Gasteiger partial charge in [-0.2, -0.15) is 0 Å². The van der Waals surface area contributed by atoms with Gasteiger partial charge in [0.25, 0.3) is 5.91 Å². The van der Waals surface area contributed by atoms with Crippen LogP contribution in [-0.4, -0.2) is 49.7 Å². The summed E-state index contributed by atoms with van der Waals surface area (Å²) in [5.74, 6) is -0.416. The van der Waals surface area contributed by atoms with Crippen LogP contribution < -0.4 is 5.32 Å². The van der Waals surface area contributed by atoms with Gasteiger partial charge >= 0.3 is 0 Å². The van der Waals surface area contributed by atoms with E-state index in [1.165, 1.54) is 4.90 Å². The average Bonchev–Trinajstić information content (AvgIpc) is 2.86. The van der Waals surface area contributed by atoms with Crippen molar-refractivity contribution in [3.05, 3.63) is 42.5 Å². The van der Waals surface area contributed by atoms with E-state index in [1.54, 1.807) is 31.3 Å². The van der Waals surface area contributed by atoms with Crippen LogP contribution in [0.15, 0.2) is 36.9 Å². The summed E-state index contributed by atoms with van der Waals surface area (Å²) in [6.45, 7) is 3.36. The summed E-state index contributed by atoms with van der Waals surface area (Å²) in [5, 5.41) is 2.59. The van der Waals surface area contributed by atoms with Gasteiger partial charge in [0.15, 0.2) is 9.84 Å². The number of hydrogen-bond donors (Lipinski definition) is 1. The molecule has 1 fully saturated rings. The SMILES string of the molecule is C=CC(=O)Nc1ccc(C(=O)N(C)C2CCS(=O)(=O)C2)cc1. The number of rotatable bonds is 4. The molecule has 1 heterocycles. The van der Waals surface area contributed by atoms with Crippen LogP contribution in [0.3, 0.4) is 0 Å². The second kappa shape index (κ2) is 6.31. The third-order valence-electron chi connectivity index (χ3n) is 3.66. The molecule has 2 rings (SSSR count). The molecule has 0 radical (unpaired) electrons. The van der Waals surface area contributed by atoms with E-state index < -0.39 is 9.84 Å². The highest BCUT2D eigenvalue weighted by Gasteiger charge is 2.32. The first-order valence-corrected chi connectivity index (χ1v) is 8.65. The van der Waals surface area contributed by atoms with Crippen LogP contribution in [0.2, 0.25) is 0 Å². The Morgan fingerprint density at radius 2 is 1.95 bits per heavy atom. The molecule has 1 atom stereocenters. The minimum absolute atomic E-state index is 0.0166. The average molecular weight is 322 g/mol. The van der Waals surface area contributed by atoms with Crippen LogP contribution in [0.25, 0.3) is 0 Å². The zero-order valence-electron chi connectivity index (χ0n) is 12.3. The molecule has 1 aromatic carbocycles. The second-order valence-electron chi connectivity index (χ2n) is 5.24. The number of carbonyl (C=O) groups is 2. The van der Waals surface area contributed by atoms with Crippen LogP contribution in [0.5, 0.6) is 0 Å². The Morgan fingerprint density at radius 1 is 1.32 bits per heavy atom. The van der Waals surface area contributed by atoms with Gasteiger partial charge in [-0.1, -0.05) is 6.58 Å². The van der Waals surface area contributed by atoms with E-state index >= 15 is 0 Å². The van der Waals surface area contributed by atoms with E-state index in [9.17, 15) is 18.0 Å². The van der Waals surface area contributed by atoms with E-state index in [4.69, 9.17) is 0 Å². The molecule has 0 saturated carbocycles. The number of amides is 2. The lowest BCUT2D eigenvalue weighted by molar-refractivity contribution is -0.111. The van der Waals surface area contributed by atoms with Crippen LogP contribution in [0.1, 0.15) is 16.8 Å². The first-order valence-electron chi connectivity index (χ1n) is 6.83. The van der Waals surface area contributed by atoms with E-state index in [0.717, 1.165) is 6.08 Å². The molecule has 1 N–H and O–H groups in total. The molecule has 22 heavy (non-hydrogen) atoms. The maximum atomic E-state index is 12.4. The largest absolute Gasteiger partial charge is 0.338 e. The lowest BCUT2D eigenvalue weighted by atomic mass is 10.1. The summed E-state index contributed by atoms with van der Waals surface area (Å²) in [4.78, 5) is 25.0. The molecule has 1 aromatic rings. The fourth-order valence-electron chi connectivity index (χ4n) is 2.34. The van der Waals surface area contributed by atoms with Gasteiger partial charge in [0, 0.05) is 24.3 Å². The van der Waals surface area contributed by atoms with Crippen molar-refractivity contribution in [1.29, 1.82) is 0 Å². The molecule has 1 aliphatic heterocycles. The zero-order valence-corrected chi connectivity index (χ0v) is 13.1. The van der Waals surface area contributed by atoms with Gasteiger partial charge in [0.2, 0.25) is 5.91 Å². The van der Waals surface area contributed by atoms with Crippen LogP contribution >= 0.6 is 0 Å². The standard InChI is InChI=1S/C15H18N2O4S/c1-3-14(18)16-12-6-4-11(5-7-12)15(19)17(2)13-8-9-22(20,21)10-13/h3-7,13H,1,8-10H2,2H3,(H,16,18). The smallest absolute Gasteiger partial charge is 0.253 e. The molecule has 0 aliphatic carbocycles. The fraction of sp³-hybridized carbons (Fsp3) is 0.333. The van der Waals surface area contributed by atoms with Gasteiger partial charge in [-0.15, -0.1) is 0 Å². The maximum Gasteiger partial charge on any atom is 0.253 e. The number of carbonyl (C=O) groups excluding carboxylic acids is 2. The summed E-state index contributed by atoms with van der Waals surface area (Å²) in [7, 11) is -1.42. The van der Waals surface area contributed by atoms with Crippen molar-refractivity contribution in [2.75, 3.05) is 23.9 Å². The number of hydrogen-bond acceptors (Lipinski definition) is 4. The monoisotopic (exact) mass is 322 g/mol. The molecule has 0 aromatic heterocycles. The van der Waals surface area contributed by atoms with Crippen molar-refractivity contribution in [3.8, 4) is 0 Å². The van der Waals surface area contributed by atoms with Crippen molar-refractivity contribution < 1.29 is 18.0 Å². The number of benzene rings is 1.